The predicted octanol–water partition coefficient (Wildman–Crippen LogP) is 1.79. The molecule has 0 spiro atoms. The van der Waals surface area contributed by atoms with Crippen LogP contribution < -0.4 is 5.32 Å². The van der Waals surface area contributed by atoms with Crippen molar-refractivity contribution in [3.8, 4) is 0 Å². The van der Waals surface area contributed by atoms with Gasteiger partial charge in [0.1, 0.15) is 0 Å². The summed E-state index contributed by atoms with van der Waals surface area (Å²) in [5.74, 6) is 0. The van der Waals surface area contributed by atoms with Gasteiger partial charge in [-0.15, -0.1) is 0 Å². The first kappa shape index (κ1) is 14.9. The van der Waals surface area contributed by atoms with Gasteiger partial charge in [-0.3, -0.25) is 4.90 Å². The standard InChI is InChI=1S/C14H31N3/c1-6-13-11-16(5)9-8-10-17(13)12-14(3,4)15-7-2/h13,15H,6-12H2,1-5H3. The van der Waals surface area contributed by atoms with Gasteiger partial charge in [0.15, 0.2) is 0 Å². The summed E-state index contributed by atoms with van der Waals surface area (Å²) in [5, 5.41) is 3.59. The Labute approximate surface area is 108 Å². The van der Waals surface area contributed by atoms with Gasteiger partial charge in [0, 0.05) is 24.7 Å². The Morgan fingerprint density at radius 1 is 1.24 bits per heavy atom. The van der Waals surface area contributed by atoms with Gasteiger partial charge < -0.3 is 10.2 Å². The molecule has 1 aliphatic heterocycles. The molecule has 0 amide bonds. The minimum absolute atomic E-state index is 0.227. The molecule has 0 radical (unpaired) electrons. The van der Waals surface area contributed by atoms with Gasteiger partial charge in [-0.25, -0.2) is 0 Å². The zero-order chi connectivity index (χ0) is 12.9. The fourth-order valence-corrected chi connectivity index (χ4v) is 2.93. The van der Waals surface area contributed by atoms with Crippen molar-refractivity contribution in [3.05, 3.63) is 0 Å². The van der Waals surface area contributed by atoms with Gasteiger partial charge in [0.05, 0.1) is 0 Å². The molecule has 1 fully saturated rings. The second kappa shape index (κ2) is 6.72. The highest BCUT2D eigenvalue weighted by Gasteiger charge is 2.27. The van der Waals surface area contributed by atoms with Crippen LogP contribution >= 0.6 is 0 Å². The van der Waals surface area contributed by atoms with Crippen molar-refractivity contribution in [1.29, 1.82) is 0 Å². The summed E-state index contributed by atoms with van der Waals surface area (Å²) < 4.78 is 0. The van der Waals surface area contributed by atoms with E-state index in [2.05, 4.69) is 49.9 Å². The lowest BCUT2D eigenvalue weighted by atomic mass is 10.0. The summed E-state index contributed by atoms with van der Waals surface area (Å²) in [4.78, 5) is 5.17. The summed E-state index contributed by atoms with van der Waals surface area (Å²) in [6, 6.07) is 0.723. The lowest BCUT2D eigenvalue weighted by Gasteiger charge is -2.37. The second-order valence-electron chi connectivity index (χ2n) is 6.06. The number of likely N-dealkylation sites (N-methyl/N-ethyl adjacent to an activating group) is 2. The van der Waals surface area contributed by atoms with Crippen LogP contribution in [0.2, 0.25) is 0 Å². The van der Waals surface area contributed by atoms with Gasteiger partial charge in [-0.2, -0.15) is 0 Å². The van der Waals surface area contributed by atoms with Crippen molar-refractivity contribution >= 4 is 0 Å². The number of nitrogens with zero attached hydrogens (tertiary/aromatic N) is 2. The van der Waals surface area contributed by atoms with Crippen LogP contribution in [-0.4, -0.2) is 61.2 Å². The summed E-state index contributed by atoms with van der Waals surface area (Å²) in [6.45, 7) is 15.1. The topological polar surface area (TPSA) is 18.5 Å². The van der Waals surface area contributed by atoms with Crippen LogP contribution in [0.3, 0.4) is 0 Å². The third-order valence-corrected chi connectivity index (χ3v) is 3.75. The number of nitrogens with one attached hydrogen (secondary N) is 1. The molecular weight excluding hydrogens is 210 g/mol. The quantitative estimate of drug-likeness (QED) is 0.792. The number of rotatable bonds is 5. The number of hydrogen-bond donors (Lipinski definition) is 1. The van der Waals surface area contributed by atoms with E-state index in [0.29, 0.717) is 0 Å². The molecular formula is C14H31N3. The molecule has 0 aliphatic carbocycles. The minimum Gasteiger partial charge on any atom is -0.311 e. The second-order valence-corrected chi connectivity index (χ2v) is 6.06. The highest BCUT2D eigenvalue weighted by atomic mass is 15.2. The Kier molecular flexibility index (Phi) is 5.90. The predicted molar refractivity (Wildman–Crippen MR) is 75.5 cm³/mol. The Morgan fingerprint density at radius 3 is 2.53 bits per heavy atom. The Morgan fingerprint density at radius 2 is 1.94 bits per heavy atom. The molecule has 3 heteroatoms. The first-order valence-electron chi connectivity index (χ1n) is 7.16. The van der Waals surface area contributed by atoms with Crippen LogP contribution in [0.25, 0.3) is 0 Å². The molecule has 1 N–H and O–H groups in total. The fraction of sp³-hybridized carbons (Fsp3) is 1.00. The van der Waals surface area contributed by atoms with Gasteiger partial charge in [-0.05, 0) is 53.4 Å². The molecule has 1 rings (SSSR count). The largest absolute Gasteiger partial charge is 0.311 e. The Balaban J connectivity index is 2.59. The van der Waals surface area contributed by atoms with E-state index in [1.807, 2.05) is 0 Å². The lowest BCUT2D eigenvalue weighted by molar-refractivity contribution is 0.142. The fourth-order valence-electron chi connectivity index (χ4n) is 2.93. The van der Waals surface area contributed by atoms with Crippen LogP contribution in [-0.2, 0) is 0 Å². The Hall–Kier alpha value is -0.120. The van der Waals surface area contributed by atoms with Crippen LogP contribution in [0.15, 0.2) is 0 Å². The molecule has 1 saturated heterocycles. The summed E-state index contributed by atoms with van der Waals surface area (Å²) in [6.07, 6.45) is 2.56. The van der Waals surface area contributed by atoms with Crippen molar-refractivity contribution in [1.82, 2.24) is 15.1 Å². The molecule has 102 valence electrons. The van der Waals surface area contributed by atoms with Crippen molar-refractivity contribution in [3.63, 3.8) is 0 Å². The smallest absolute Gasteiger partial charge is 0.0252 e. The molecule has 1 heterocycles. The molecule has 1 aliphatic rings. The molecule has 17 heavy (non-hydrogen) atoms. The number of hydrogen-bond acceptors (Lipinski definition) is 3. The van der Waals surface area contributed by atoms with Crippen LogP contribution in [0.1, 0.15) is 40.5 Å². The monoisotopic (exact) mass is 241 g/mol. The summed E-state index contributed by atoms with van der Waals surface area (Å²) >= 11 is 0. The summed E-state index contributed by atoms with van der Waals surface area (Å²) in [7, 11) is 2.25. The van der Waals surface area contributed by atoms with Gasteiger partial charge >= 0.3 is 0 Å². The molecule has 0 aromatic carbocycles. The molecule has 0 saturated carbocycles. The van der Waals surface area contributed by atoms with Crippen molar-refractivity contribution in [2.75, 3.05) is 39.8 Å². The average molecular weight is 241 g/mol. The summed E-state index contributed by atoms with van der Waals surface area (Å²) in [5.41, 5.74) is 0.227. The van der Waals surface area contributed by atoms with Crippen LogP contribution in [0.5, 0.6) is 0 Å². The maximum absolute atomic E-state index is 3.59. The van der Waals surface area contributed by atoms with E-state index in [-0.39, 0.29) is 5.54 Å². The molecule has 0 aromatic heterocycles. The lowest BCUT2D eigenvalue weighted by Crippen LogP contribution is -2.52. The van der Waals surface area contributed by atoms with Crippen molar-refractivity contribution in [2.45, 2.75) is 52.1 Å². The molecule has 3 nitrogen and oxygen atoms in total. The van der Waals surface area contributed by atoms with Gasteiger partial charge in [0.2, 0.25) is 0 Å². The Bertz CT molecular complexity index is 216. The van der Waals surface area contributed by atoms with Crippen molar-refractivity contribution in [2.24, 2.45) is 0 Å². The van der Waals surface area contributed by atoms with E-state index in [1.165, 1.54) is 32.5 Å². The van der Waals surface area contributed by atoms with E-state index in [1.54, 1.807) is 0 Å². The van der Waals surface area contributed by atoms with Gasteiger partial charge in [0.25, 0.3) is 0 Å². The third-order valence-electron chi connectivity index (χ3n) is 3.75. The van der Waals surface area contributed by atoms with Gasteiger partial charge in [-0.1, -0.05) is 13.8 Å². The average Bonchev–Trinajstić information content (AvgIpc) is 2.39. The van der Waals surface area contributed by atoms with Crippen LogP contribution in [0, 0.1) is 0 Å². The van der Waals surface area contributed by atoms with E-state index < -0.39 is 0 Å². The van der Waals surface area contributed by atoms with Crippen molar-refractivity contribution < 1.29 is 0 Å². The highest BCUT2D eigenvalue weighted by Crippen LogP contribution is 2.15. The van der Waals surface area contributed by atoms with E-state index in [9.17, 15) is 0 Å². The SMILES string of the molecule is CCNC(C)(C)CN1CCCN(C)CC1CC. The van der Waals surface area contributed by atoms with E-state index >= 15 is 0 Å². The first-order valence-corrected chi connectivity index (χ1v) is 7.16. The molecule has 0 aromatic rings. The highest BCUT2D eigenvalue weighted by molar-refractivity contribution is 4.86. The zero-order valence-electron chi connectivity index (χ0n) is 12.4. The van der Waals surface area contributed by atoms with E-state index in [0.717, 1.165) is 19.1 Å². The van der Waals surface area contributed by atoms with E-state index in [4.69, 9.17) is 0 Å². The molecule has 0 bridgehead atoms. The van der Waals surface area contributed by atoms with Crippen LogP contribution in [0.4, 0.5) is 0 Å². The molecule has 1 atom stereocenters. The minimum atomic E-state index is 0.227. The normalized spacial score (nSPS) is 24.9. The first-order chi connectivity index (χ1) is 7.98. The molecule has 1 unspecified atom stereocenters. The maximum atomic E-state index is 3.59. The maximum Gasteiger partial charge on any atom is 0.0252 e. The third kappa shape index (κ3) is 4.94. The zero-order valence-corrected chi connectivity index (χ0v) is 12.4.